The van der Waals surface area contributed by atoms with Crippen LogP contribution in [0.5, 0.6) is 0 Å². The second kappa shape index (κ2) is 5.38. The first-order valence-electron chi connectivity index (χ1n) is 5.77. The van der Waals surface area contributed by atoms with Crippen LogP contribution in [0.25, 0.3) is 0 Å². The average Bonchev–Trinajstić information content (AvgIpc) is 2.12. The number of nitrogens with one attached hydrogen (secondary N) is 1. The molecule has 0 aromatic heterocycles. The van der Waals surface area contributed by atoms with Crippen LogP contribution >= 0.6 is 0 Å². The first-order chi connectivity index (χ1) is 7.53. The molecule has 0 saturated heterocycles. The molecule has 0 aromatic carbocycles. The Morgan fingerprint density at radius 1 is 1.29 bits per heavy atom. The quantitative estimate of drug-likeness (QED) is 0.797. The van der Waals surface area contributed by atoms with E-state index in [9.17, 15) is 14.7 Å². The van der Waals surface area contributed by atoms with Gasteiger partial charge in [0.15, 0.2) is 0 Å². The Kier molecular flexibility index (Phi) is 4.98. The van der Waals surface area contributed by atoms with Crippen LogP contribution in [-0.2, 0) is 9.53 Å². The van der Waals surface area contributed by atoms with Crippen molar-refractivity contribution in [3.63, 3.8) is 0 Å². The fourth-order valence-electron chi connectivity index (χ4n) is 1.31. The molecule has 0 heterocycles. The van der Waals surface area contributed by atoms with Crippen molar-refractivity contribution in [2.24, 2.45) is 5.92 Å². The van der Waals surface area contributed by atoms with Crippen LogP contribution in [0.3, 0.4) is 0 Å². The lowest BCUT2D eigenvalue weighted by Gasteiger charge is -2.32. The summed E-state index contributed by atoms with van der Waals surface area (Å²) in [4.78, 5) is 22.9. The number of amides is 1. The Bertz CT molecular complexity index is 295. The molecule has 0 aromatic rings. The first-order valence-corrected chi connectivity index (χ1v) is 5.77. The van der Waals surface area contributed by atoms with E-state index in [1.165, 1.54) is 6.92 Å². The van der Waals surface area contributed by atoms with E-state index in [1.807, 2.05) is 6.92 Å². The Balaban J connectivity index is 4.79. The molecule has 100 valence electrons. The minimum atomic E-state index is -1.31. The van der Waals surface area contributed by atoms with E-state index in [1.54, 1.807) is 27.7 Å². The maximum absolute atomic E-state index is 11.6. The molecule has 0 spiro atoms. The number of ether oxygens (including phenoxy) is 1. The highest BCUT2D eigenvalue weighted by Gasteiger charge is 2.40. The highest BCUT2D eigenvalue weighted by molar-refractivity contribution is 5.84. The summed E-state index contributed by atoms with van der Waals surface area (Å²) in [6, 6.07) is 0. The third kappa shape index (κ3) is 4.63. The van der Waals surface area contributed by atoms with E-state index >= 15 is 0 Å². The van der Waals surface area contributed by atoms with Crippen LogP contribution in [-0.4, -0.2) is 28.3 Å². The van der Waals surface area contributed by atoms with E-state index in [-0.39, 0.29) is 5.92 Å². The smallest absolute Gasteiger partial charge is 0.408 e. The zero-order chi connectivity index (χ0) is 13.9. The molecule has 0 fully saturated rings. The van der Waals surface area contributed by atoms with Crippen molar-refractivity contribution in [1.82, 2.24) is 5.32 Å². The van der Waals surface area contributed by atoms with E-state index in [0.29, 0.717) is 6.42 Å². The molecule has 1 amide bonds. The summed E-state index contributed by atoms with van der Waals surface area (Å²) in [5.74, 6) is -1.25. The van der Waals surface area contributed by atoms with Gasteiger partial charge >= 0.3 is 12.1 Å². The third-order valence-electron chi connectivity index (χ3n) is 2.80. The Morgan fingerprint density at radius 3 is 2.06 bits per heavy atom. The van der Waals surface area contributed by atoms with Gasteiger partial charge in [-0.2, -0.15) is 0 Å². The van der Waals surface area contributed by atoms with Crippen molar-refractivity contribution >= 4 is 12.1 Å². The number of hydrogen-bond acceptors (Lipinski definition) is 3. The molecule has 17 heavy (non-hydrogen) atoms. The maximum Gasteiger partial charge on any atom is 0.408 e. The monoisotopic (exact) mass is 245 g/mol. The van der Waals surface area contributed by atoms with Gasteiger partial charge in [0.1, 0.15) is 11.1 Å². The number of carboxylic acids is 1. The molecule has 0 saturated carbocycles. The van der Waals surface area contributed by atoms with Crippen LogP contribution in [0.15, 0.2) is 0 Å². The van der Waals surface area contributed by atoms with E-state index in [4.69, 9.17) is 4.74 Å². The van der Waals surface area contributed by atoms with Crippen molar-refractivity contribution < 1.29 is 19.4 Å². The summed E-state index contributed by atoms with van der Waals surface area (Å²) in [6.07, 6.45) is -0.0544. The van der Waals surface area contributed by atoms with Gasteiger partial charge in [-0.15, -0.1) is 0 Å². The van der Waals surface area contributed by atoms with Gasteiger partial charge < -0.3 is 15.2 Å². The van der Waals surface area contributed by atoms with Gasteiger partial charge in [-0.1, -0.05) is 20.3 Å². The molecule has 0 bridgehead atoms. The lowest BCUT2D eigenvalue weighted by Crippen LogP contribution is -2.57. The van der Waals surface area contributed by atoms with Crippen LogP contribution in [0.2, 0.25) is 0 Å². The molecule has 0 aliphatic heterocycles. The van der Waals surface area contributed by atoms with Crippen molar-refractivity contribution in [2.45, 2.75) is 59.1 Å². The number of carbonyl (C=O) groups excluding carboxylic acids is 1. The summed E-state index contributed by atoms with van der Waals surface area (Å²) in [7, 11) is 0. The lowest BCUT2D eigenvalue weighted by molar-refractivity contribution is -0.146. The molecule has 0 aliphatic carbocycles. The second-order valence-electron chi connectivity index (χ2n) is 5.44. The lowest BCUT2D eigenvalue weighted by atomic mass is 9.85. The molecule has 0 rings (SSSR count). The molecule has 2 N–H and O–H groups in total. The molecule has 0 aliphatic rings. The van der Waals surface area contributed by atoms with Crippen molar-refractivity contribution in [3.8, 4) is 0 Å². The number of carboxylic acid groups (broad SMARTS) is 1. The molecule has 5 heteroatoms. The summed E-state index contributed by atoms with van der Waals surface area (Å²) in [6.45, 7) is 10.3. The zero-order valence-electron chi connectivity index (χ0n) is 11.5. The van der Waals surface area contributed by atoms with Crippen LogP contribution in [0.1, 0.15) is 48.0 Å². The normalized spacial score (nSPS) is 16.8. The molecule has 5 nitrogen and oxygen atoms in total. The summed E-state index contributed by atoms with van der Waals surface area (Å²) < 4.78 is 5.06. The second-order valence-corrected chi connectivity index (χ2v) is 5.44. The van der Waals surface area contributed by atoms with Gasteiger partial charge in [0.2, 0.25) is 0 Å². The minimum absolute atomic E-state index is 0.187. The SMILES string of the molecule is CCC(C)[C@](C)(NC(=O)OC(C)(C)C)C(=O)O. The first kappa shape index (κ1) is 15.7. The van der Waals surface area contributed by atoms with Gasteiger partial charge in [-0.25, -0.2) is 9.59 Å². The fraction of sp³-hybridized carbons (Fsp3) is 0.833. The fourth-order valence-corrected chi connectivity index (χ4v) is 1.31. The topological polar surface area (TPSA) is 75.6 Å². The van der Waals surface area contributed by atoms with E-state index in [2.05, 4.69) is 5.32 Å². The number of rotatable bonds is 4. The van der Waals surface area contributed by atoms with Crippen LogP contribution < -0.4 is 5.32 Å². The van der Waals surface area contributed by atoms with Crippen LogP contribution in [0.4, 0.5) is 4.79 Å². The standard InChI is InChI=1S/C12H23NO4/c1-7-8(2)12(6,9(14)15)13-10(16)17-11(3,4)5/h8H,7H2,1-6H3,(H,13,16)(H,14,15)/t8?,12-/m0/s1. The molecule has 0 radical (unpaired) electrons. The summed E-state index contributed by atoms with van der Waals surface area (Å²) >= 11 is 0. The number of hydrogen-bond donors (Lipinski definition) is 2. The predicted octanol–water partition coefficient (Wildman–Crippen LogP) is 2.40. The molecular weight excluding hydrogens is 222 g/mol. The number of aliphatic carboxylic acids is 1. The van der Waals surface area contributed by atoms with Gasteiger partial charge in [0, 0.05) is 0 Å². The van der Waals surface area contributed by atoms with Crippen LogP contribution in [0, 0.1) is 5.92 Å². The minimum Gasteiger partial charge on any atom is -0.480 e. The molecule has 2 atom stereocenters. The van der Waals surface area contributed by atoms with Gasteiger partial charge in [-0.3, -0.25) is 0 Å². The van der Waals surface area contributed by atoms with Gasteiger partial charge in [-0.05, 0) is 33.6 Å². The Hall–Kier alpha value is -1.26. The van der Waals surface area contributed by atoms with E-state index in [0.717, 1.165) is 0 Å². The average molecular weight is 245 g/mol. The molecule has 1 unspecified atom stereocenters. The number of carbonyl (C=O) groups is 2. The Morgan fingerprint density at radius 2 is 1.76 bits per heavy atom. The van der Waals surface area contributed by atoms with Gasteiger partial charge in [0.25, 0.3) is 0 Å². The summed E-state index contributed by atoms with van der Waals surface area (Å²) in [5, 5.41) is 11.7. The van der Waals surface area contributed by atoms with Crippen molar-refractivity contribution in [1.29, 1.82) is 0 Å². The number of alkyl carbamates (subject to hydrolysis) is 1. The zero-order valence-corrected chi connectivity index (χ0v) is 11.5. The maximum atomic E-state index is 11.6. The highest BCUT2D eigenvalue weighted by atomic mass is 16.6. The van der Waals surface area contributed by atoms with Crippen molar-refractivity contribution in [2.75, 3.05) is 0 Å². The largest absolute Gasteiger partial charge is 0.480 e. The van der Waals surface area contributed by atoms with E-state index < -0.39 is 23.2 Å². The predicted molar refractivity (Wildman–Crippen MR) is 64.9 cm³/mol. The molecular formula is C12H23NO4. The summed E-state index contributed by atoms with van der Waals surface area (Å²) in [5.41, 5.74) is -1.95. The third-order valence-corrected chi connectivity index (χ3v) is 2.80. The van der Waals surface area contributed by atoms with Crippen molar-refractivity contribution in [3.05, 3.63) is 0 Å². The highest BCUT2D eigenvalue weighted by Crippen LogP contribution is 2.21. The van der Waals surface area contributed by atoms with Gasteiger partial charge in [0.05, 0.1) is 0 Å². The Labute approximate surface area is 103 Å².